The molecule has 1 aromatic carbocycles. The highest BCUT2D eigenvalue weighted by atomic mass is 19.4. The first-order valence-corrected chi connectivity index (χ1v) is 10.8. The second-order valence-electron chi connectivity index (χ2n) is 8.79. The molecule has 1 amide bonds. The number of alkyl halides is 3. The monoisotopic (exact) mass is 409 g/mol. The van der Waals surface area contributed by atoms with Gasteiger partial charge in [-0.15, -0.1) is 0 Å². The quantitative estimate of drug-likeness (QED) is 0.761. The second-order valence-corrected chi connectivity index (χ2v) is 8.79. The Morgan fingerprint density at radius 2 is 1.66 bits per heavy atom. The van der Waals surface area contributed by atoms with Crippen molar-refractivity contribution >= 4 is 5.91 Å². The Bertz CT molecular complexity index is 697. The first kappa shape index (κ1) is 20.7. The Balaban J connectivity index is 1.42. The molecule has 0 aromatic heterocycles. The van der Waals surface area contributed by atoms with E-state index in [2.05, 4.69) is 4.90 Å². The van der Waals surface area contributed by atoms with Gasteiger partial charge in [0.05, 0.1) is 0 Å². The summed E-state index contributed by atoms with van der Waals surface area (Å²) >= 11 is 0. The molecule has 3 fully saturated rings. The van der Waals surface area contributed by atoms with Crippen molar-refractivity contribution in [1.82, 2.24) is 14.7 Å². The van der Waals surface area contributed by atoms with Gasteiger partial charge in [0.25, 0.3) is 0 Å². The van der Waals surface area contributed by atoms with Crippen molar-refractivity contribution in [3.8, 4) is 0 Å². The van der Waals surface area contributed by atoms with Crippen LogP contribution in [0.15, 0.2) is 30.3 Å². The van der Waals surface area contributed by atoms with E-state index in [0.29, 0.717) is 45.3 Å². The number of carbonyl (C=O) groups excluding carboxylic acids is 1. The summed E-state index contributed by atoms with van der Waals surface area (Å²) in [5.41, 5.74) is -1.29. The molecule has 0 N–H and O–H groups in total. The maximum atomic E-state index is 14.2. The Morgan fingerprint density at radius 3 is 2.28 bits per heavy atom. The Hall–Kier alpha value is -1.60. The molecular weight excluding hydrogens is 379 g/mol. The van der Waals surface area contributed by atoms with Crippen LogP contribution < -0.4 is 0 Å². The van der Waals surface area contributed by atoms with Crippen LogP contribution in [0, 0.1) is 5.41 Å². The average molecular weight is 409 g/mol. The van der Waals surface area contributed by atoms with Crippen LogP contribution in [0.1, 0.15) is 37.7 Å². The molecule has 7 heteroatoms. The van der Waals surface area contributed by atoms with Crippen LogP contribution in [-0.2, 0) is 11.3 Å². The lowest BCUT2D eigenvalue weighted by molar-refractivity contribution is -0.224. The van der Waals surface area contributed by atoms with E-state index in [1.54, 1.807) is 4.90 Å². The van der Waals surface area contributed by atoms with E-state index in [4.69, 9.17) is 0 Å². The average Bonchev–Trinajstić information content (AvgIpc) is 3.39. The molecule has 4 nitrogen and oxygen atoms in total. The Kier molecular flexibility index (Phi) is 5.89. The fourth-order valence-corrected chi connectivity index (χ4v) is 5.25. The van der Waals surface area contributed by atoms with E-state index in [1.165, 1.54) is 30.6 Å². The lowest BCUT2D eigenvalue weighted by atomic mass is 9.84. The van der Waals surface area contributed by atoms with Gasteiger partial charge in [-0.05, 0) is 31.4 Å². The van der Waals surface area contributed by atoms with E-state index in [1.807, 2.05) is 30.3 Å². The van der Waals surface area contributed by atoms with Crippen LogP contribution in [0.2, 0.25) is 0 Å². The molecule has 1 atom stereocenters. The number of hydrogen-bond donors (Lipinski definition) is 0. The molecule has 0 radical (unpaired) electrons. The molecule has 2 heterocycles. The Labute approximate surface area is 170 Å². The molecule has 1 unspecified atom stereocenters. The van der Waals surface area contributed by atoms with Gasteiger partial charge in [0.1, 0.15) is 0 Å². The van der Waals surface area contributed by atoms with Crippen molar-refractivity contribution in [1.29, 1.82) is 0 Å². The number of likely N-dealkylation sites (tertiary alicyclic amines) is 1. The minimum Gasteiger partial charge on any atom is -0.339 e. The van der Waals surface area contributed by atoms with Gasteiger partial charge in [0.2, 0.25) is 5.91 Å². The van der Waals surface area contributed by atoms with Crippen LogP contribution in [0.3, 0.4) is 0 Å². The molecule has 3 aliphatic rings. The maximum Gasteiger partial charge on any atom is 0.404 e. The second kappa shape index (κ2) is 8.26. The molecule has 29 heavy (non-hydrogen) atoms. The lowest BCUT2D eigenvalue weighted by Crippen LogP contribution is -2.59. The number of nitrogens with zero attached hydrogens (tertiary/aromatic N) is 3. The largest absolute Gasteiger partial charge is 0.404 e. The molecule has 2 aliphatic heterocycles. The van der Waals surface area contributed by atoms with Crippen LogP contribution >= 0.6 is 0 Å². The van der Waals surface area contributed by atoms with Crippen molar-refractivity contribution in [2.45, 2.75) is 50.9 Å². The number of amides is 1. The third-order valence-electron chi connectivity index (χ3n) is 6.99. The summed E-state index contributed by atoms with van der Waals surface area (Å²) in [6, 6.07) is 10.0. The van der Waals surface area contributed by atoms with Gasteiger partial charge in [0, 0.05) is 45.3 Å². The highest BCUT2D eigenvalue weighted by Gasteiger charge is 2.64. The zero-order valence-corrected chi connectivity index (χ0v) is 16.8. The SMILES string of the molecule is O=C(N1CCN(C2CCCC2)CC1)C1(C(F)(F)F)CCN(Cc2ccccc2)C1. The van der Waals surface area contributed by atoms with Crippen LogP contribution in [0.25, 0.3) is 0 Å². The van der Waals surface area contributed by atoms with Crippen molar-refractivity contribution in [3.63, 3.8) is 0 Å². The van der Waals surface area contributed by atoms with Crippen LogP contribution in [-0.4, -0.2) is 72.1 Å². The normalized spacial score (nSPS) is 27.6. The minimum absolute atomic E-state index is 0.148. The zero-order valence-electron chi connectivity index (χ0n) is 16.8. The molecule has 1 aliphatic carbocycles. The Morgan fingerprint density at radius 1 is 1.00 bits per heavy atom. The summed E-state index contributed by atoms with van der Waals surface area (Å²) in [5, 5.41) is 0. The predicted molar refractivity (Wildman–Crippen MR) is 105 cm³/mol. The van der Waals surface area contributed by atoms with Gasteiger partial charge in [-0.25, -0.2) is 0 Å². The topological polar surface area (TPSA) is 26.8 Å². The highest BCUT2D eigenvalue weighted by Crippen LogP contribution is 2.47. The number of piperazine rings is 1. The van der Waals surface area contributed by atoms with Crippen molar-refractivity contribution in [2.75, 3.05) is 39.3 Å². The smallest absolute Gasteiger partial charge is 0.339 e. The van der Waals surface area contributed by atoms with Crippen LogP contribution in [0.5, 0.6) is 0 Å². The molecule has 2 saturated heterocycles. The van der Waals surface area contributed by atoms with Gasteiger partial charge in [-0.3, -0.25) is 14.6 Å². The number of hydrogen-bond acceptors (Lipinski definition) is 3. The summed E-state index contributed by atoms with van der Waals surface area (Å²) in [6.45, 7) is 2.70. The van der Waals surface area contributed by atoms with Gasteiger partial charge in [-0.1, -0.05) is 43.2 Å². The first-order chi connectivity index (χ1) is 13.9. The van der Waals surface area contributed by atoms with E-state index in [-0.39, 0.29) is 13.0 Å². The number of rotatable bonds is 4. The summed E-state index contributed by atoms with van der Waals surface area (Å²) in [4.78, 5) is 18.8. The molecule has 160 valence electrons. The van der Waals surface area contributed by atoms with Crippen molar-refractivity contribution < 1.29 is 18.0 Å². The first-order valence-electron chi connectivity index (χ1n) is 10.8. The molecule has 0 spiro atoms. The van der Waals surface area contributed by atoms with Gasteiger partial charge < -0.3 is 4.90 Å². The standard InChI is InChI=1S/C22H30F3N3O/c23-22(24,25)21(10-11-26(17-21)16-18-6-2-1-3-7-18)20(29)28-14-12-27(13-15-28)19-8-4-5-9-19/h1-3,6-7,19H,4-5,8-17H2. The highest BCUT2D eigenvalue weighted by molar-refractivity contribution is 5.84. The van der Waals surface area contributed by atoms with Crippen LogP contribution in [0.4, 0.5) is 13.2 Å². The fourth-order valence-electron chi connectivity index (χ4n) is 5.25. The van der Waals surface area contributed by atoms with Crippen molar-refractivity contribution in [2.24, 2.45) is 5.41 Å². The third kappa shape index (κ3) is 4.17. The van der Waals surface area contributed by atoms with E-state index < -0.39 is 17.5 Å². The molecule has 1 aromatic rings. The van der Waals surface area contributed by atoms with E-state index in [0.717, 1.165) is 5.56 Å². The number of benzene rings is 1. The maximum absolute atomic E-state index is 14.2. The minimum atomic E-state index is -4.53. The summed E-state index contributed by atoms with van der Waals surface area (Å²) < 4.78 is 42.5. The number of halogens is 3. The van der Waals surface area contributed by atoms with E-state index in [9.17, 15) is 18.0 Å². The third-order valence-corrected chi connectivity index (χ3v) is 6.99. The fraction of sp³-hybridized carbons (Fsp3) is 0.682. The lowest BCUT2D eigenvalue weighted by Gasteiger charge is -2.42. The molecular formula is C22H30F3N3O. The van der Waals surface area contributed by atoms with E-state index >= 15 is 0 Å². The molecule has 4 rings (SSSR count). The van der Waals surface area contributed by atoms with Gasteiger partial charge >= 0.3 is 6.18 Å². The predicted octanol–water partition coefficient (Wildman–Crippen LogP) is 3.53. The molecule has 0 bridgehead atoms. The van der Waals surface area contributed by atoms with Gasteiger partial charge in [0.15, 0.2) is 5.41 Å². The summed E-state index contributed by atoms with van der Waals surface area (Å²) in [5.74, 6) is -0.716. The molecule has 1 saturated carbocycles. The number of carbonyl (C=O) groups is 1. The zero-order chi connectivity index (χ0) is 20.5. The summed E-state index contributed by atoms with van der Waals surface area (Å²) in [7, 11) is 0. The summed E-state index contributed by atoms with van der Waals surface area (Å²) in [6.07, 6.45) is 0.142. The van der Waals surface area contributed by atoms with Gasteiger partial charge in [-0.2, -0.15) is 13.2 Å². The van der Waals surface area contributed by atoms with Crippen molar-refractivity contribution in [3.05, 3.63) is 35.9 Å².